The molecule has 1 heterocycles. The molecule has 2 aromatic carbocycles. The van der Waals surface area contributed by atoms with Gasteiger partial charge in [0.25, 0.3) is 5.91 Å². The van der Waals surface area contributed by atoms with E-state index < -0.39 is 17.8 Å². The van der Waals surface area contributed by atoms with E-state index in [0.717, 1.165) is 17.7 Å². The van der Waals surface area contributed by atoms with Crippen LogP contribution in [-0.2, 0) is 12.7 Å². The summed E-state index contributed by atoms with van der Waals surface area (Å²) in [5.41, 5.74) is 0.672. The molecule has 12 heteroatoms. The van der Waals surface area contributed by atoms with E-state index >= 15 is 0 Å². The molecule has 0 unspecified atom stereocenters. The lowest BCUT2D eigenvalue weighted by Gasteiger charge is -2.25. The Labute approximate surface area is 231 Å². The highest BCUT2D eigenvalue weighted by molar-refractivity contribution is 5.93. The fourth-order valence-electron chi connectivity index (χ4n) is 3.60. The third-order valence-electron chi connectivity index (χ3n) is 5.83. The first-order valence-corrected chi connectivity index (χ1v) is 12.4. The summed E-state index contributed by atoms with van der Waals surface area (Å²) in [6.07, 6.45) is -3.06. The number of nitrogens with zero attached hydrogens (tertiary/aromatic N) is 4. The minimum absolute atomic E-state index is 0.0572. The number of carbonyl (C=O) groups is 2. The van der Waals surface area contributed by atoms with Crippen LogP contribution < -0.4 is 20.3 Å². The van der Waals surface area contributed by atoms with Crippen LogP contribution in [0.1, 0.15) is 21.6 Å². The number of aromatic nitrogens is 1. The zero-order chi connectivity index (χ0) is 29.4. The van der Waals surface area contributed by atoms with Gasteiger partial charge in [0, 0.05) is 53.0 Å². The number of likely N-dealkylation sites (N-methyl/N-ethyl adjacent to an activating group) is 2. The average Bonchev–Trinajstić information content (AvgIpc) is 2.90. The van der Waals surface area contributed by atoms with E-state index in [0.29, 0.717) is 30.3 Å². The summed E-state index contributed by atoms with van der Waals surface area (Å²) in [5.74, 6) is 0.706. The number of hydrogen-bond donors (Lipinski definition) is 2. The van der Waals surface area contributed by atoms with Crippen molar-refractivity contribution in [1.82, 2.24) is 20.1 Å². The molecule has 0 aliphatic carbocycles. The van der Waals surface area contributed by atoms with Crippen LogP contribution >= 0.6 is 0 Å². The number of pyridine rings is 1. The van der Waals surface area contributed by atoms with Gasteiger partial charge in [-0.3, -0.25) is 9.78 Å². The Hall–Kier alpha value is -4.32. The molecule has 0 radical (unpaired) electrons. The Balaban J connectivity index is 1.64. The van der Waals surface area contributed by atoms with E-state index in [2.05, 4.69) is 15.6 Å². The van der Waals surface area contributed by atoms with Crippen molar-refractivity contribution in [2.45, 2.75) is 12.7 Å². The Kier molecular flexibility index (Phi) is 9.94. The normalized spacial score (nSPS) is 11.2. The van der Waals surface area contributed by atoms with E-state index in [1.54, 1.807) is 62.4 Å². The van der Waals surface area contributed by atoms with Crippen molar-refractivity contribution in [2.75, 3.05) is 58.5 Å². The summed E-state index contributed by atoms with van der Waals surface area (Å²) < 4.78 is 45.8. The predicted molar refractivity (Wildman–Crippen MR) is 148 cm³/mol. The van der Waals surface area contributed by atoms with E-state index in [1.165, 1.54) is 17.2 Å². The van der Waals surface area contributed by atoms with E-state index in [4.69, 9.17) is 4.74 Å². The standard InChI is InChI=1S/C28H33F3N6O3/c1-35(2)14-15-37(5)25-11-8-20(28(29,30)31)16-23(25)34-27(39)33-18-19-6-9-21(10-7-19)40-22-12-13-32-24(17-22)26(38)36(3)4/h6-13,16-17H,14-15,18H2,1-5H3,(H2,33,34,39). The van der Waals surface area contributed by atoms with Crippen LogP contribution in [0, 0.1) is 0 Å². The van der Waals surface area contributed by atoms with Gasteiger partial charge in [0.1, 0.15) is 17.2 Å². The third-order valence-corrected chi connectivity index (χ3v) is 5.83. The lowest BCUT2D eigenvalue weighted by atomic mass is 10.1. The van der Waals surface area contributed by atoms with E-state index in [1.807, 2.05) is 19.0 Å². The first-order chi connectivity index (χ1) is 18.8. The number of rotatable bonds is 10. The Bertz CT molecular complexity index is 1310. The molecule has 214 valence electrons. The summed E-state index contributed by atoms with van der Waals surface area (Å²) in [4.78, 5) is 34.0. The predicted octanol–water partition coefficient (Wildman–Crippen LogP) is 4.91. The van der Waals surface area contributed by atoms with E-state index in [9.17, 15) is 22.8 Å². The summed E-state index contributed by atoms with van der Waals surface area (Å²) in [6, 6.07) is 12.7. The summed E-state index contributed by atoms with van der Waals surface area (Å²) in [7, 11) is 8.82. The molecular weight excluding hydrogens is 525 g/mol. The average molecular weight is 559 g/mol. The van der Waals surface area contributed by atoms with Crippen LogP contribution in [0.2, 0.25) is 0 Å². The third kappa shape index (κ3) is 8.60. The molecule has 0 saturated carbocycles. The zero-order valence-corrected chi connectivity index (χ0v) is 23.0. The van der Waals surface area contributed by atoms with Gasteiger partial charge in [-0.15, -0.1) is 0 Å². The number of anilines is 2. The molecule has 0 spiro atoms. The van der Waals surface area contributed by atoms with Crippen molar-refractivity contribution in [3.05, 3.63) is 77.6 Å². The van der Waals surface area contributed by atoms with Gasteiger partial charge in [-0.05, 0) is 56.1 Å². The second-order valence-corrected chi connectivity index (χ2v) is 9.58. The minimum atomic E-state index is -4.54. The quantitative estimate of drug-likeness (QED) is 0.368. The van der Waals surface area contributed by atoms with Crippen LogP contribution in [0.4, 0.5) is 29.3 Å². The van der Waals surface area contributed by atoms with Crippen LogP contribution in [0.25, 0.3) is 0 Å². The molecule has 0 fully saturated rings. The van der Waals surface area contributed by atoms with Gasteiger partial charge >= 0.3 is 12.2 Å². The highest BCUT2D eigenvalue weighted by atomic mass is 19.4. The number of urea groups is 1. The van der Waals surface area contributed by atoms with Gasteiger partial charge in [-0.2, -0.15) is 13.2 Å². The highest BCUT2D eigenvalue weighted by Crippen LogP contribution is 2.35. The van der Waals surface area contributed by atoms with Crippen LogP contribution in [0.3, 0.4) is 0 Å². The molecule has 0 saturated heterocycles. The Morgan fingerprint density at radius 1 is 0.900 bits per heavy atom. The van der Waals surface area contributed by atoms with Crippen LogP contribution in [0.5, 0.6) is 11.5 Å². The molecule has 3 rings (SSSR count). The second kappa shape index (κ2) is 13.2. The molecule has 9 nitrogen and oxygen atoms in total. The molecule has 3 aromatic rings. The molecular formula is C28H33F3N6O3. The SMILES string of the molecule is CN(C)CCN(C)c1ccc(C(F)(F)F)cc1NC(=O)NCc1ccc(Oc2ccnc(C(=O)N(C)C)c2)cc1. The topological polar surface area (TPSA) is 90.0 Å². The van der Waals surface area contributed by atoms with Crippen molar-refractivity contribution >= 4 is 23.3 Å². The van der Waals surface area contributed by atoms with Gasteiger partial charge in [-0.25, -0.2) is 4.79 Å². The highest BCUT2D eigenvalue weighted by Gasteiger charge is 2.31. The number of nitrogens with one attached hydrogen (secondary N) is 2. The van der Waals surface area contributed by atoms with Gasteiger partial charge in [0.05, 0.1) is 16.9 Å². The molecule has 3 amide bonds. The number of halogens is 3. The Morgan fingerprint density at radius 2 is 1.60 bits per heavy atom. The first-order valence-electron chi connectivity index (χ1n) is 12.4. The second-order valence-electron chi connectivity index (χ2n) is 9.58. The van der Waals surface area contributed by atoms with Crippen molar-refractivity contribution in [3.8, 4) is 11.5 Å². The van der Waals surface area contributed by atoms with Gasteiger partial charge < -0.3 is 30.1 Å². The van der Waals surface area contributed by atoms with Crippen molar-refractivity contribution < 1.29 is 27.5 Å². The number of ether oxygens (including phenoxy) is 1. The maximum atomic E-state index is 13.3. The molecule has 1 aromatic heterocycles. The monoisotopic (exact) mass is 558 g/mol. The molecule has 0 atom stereocenters. The van der Waals surface area contributed by atoms with Crippen LogP contribution in [0.15, 0.2) is 60.8 Å². The van der Waals surface area contributed by atoms with Crippen molar-refractivity contribution in [2.24, 2.45) is 0 Å². The maximum absolute atomic E-state index is 13.3. The molecule has 40 heavy (non-hydrogen) atoms. The zero-order valence-electron chi connectivity index (χ0n) is 23.0. The number of benzene rings is 2. The molecule has 0 aliphatic rings. The van der Waals surface area contributed by atoms with Crippen LogP contribution in [-0.4, -0.2) is 75.0 Å². The number of alkyl halides is 3. The first kappa shape index (κ1) is 30.2. The minimum Gasteiger partial charge on any atom is -0.457 e. The Morgan fingerprint density at radius 3 is 2.23 bits per heavy atom. The van der Waals surface area contributed by atoms with Crippen molar-refractivity contribution in [3.63, 3.8) is 0 Å². The largest absolute Gasteiger partial charge is 0.457 e. The number of amides is 3. The number of carbonyl (C=O) groups excluding carboxylic acids is 2. The summed E-state index contributed by atoms with van der Waals surface area (Å²) >= 11 is 0. The molecule has 0 aliphatic heterocycles. The lowest BCUT2D eigenvalue weighted by molar-refractivity contribution is -0.137. The molecule has 0 bridgehead atoms. The maximum Gasteiger partial charge on any atom is 0.416 e. The lowest BCUT2D eigenvalue weighted by Crippen LogP contribution is -2.31. The summed E-state index contributed by atoms with van der Waals surface area (Å²) in [5, 5.41) is 5.23. The molecule has 2 N–H and O–H groups in total. The van der Waals surface area contributed by atoms with Gasteiger partial charge in [0.2, 0.25) is 0 Å². The van der Waals surface area contributed by atoms with Crippen molar-refractivity contribution in [1.29, 1.82) is 0 Å². The fourth-order valence-corrected chi connectivity index (χ4v) is 3.60. The smallest absolute Gasteiger partial charge is 0.416 e. The van der Waals surface area contributed by atoms with E-state index in [-0.39, 0.29) is 23.8 Å². The van der Waals surface area contributed by atoms with Gasteiger partial charge in [-0.1, -0.05) is 12.1 Å². The number of hydrogen-bond acceptors (Lipinski definition) is 6. The van der Waals surface area contributed by atoms with Gasteiger partial charge in [0.15, 0.2) is 0 Å². The summed E-state index contributed by atoms with van der Waals surface area (Å²) in [6.45, 7) is 1.36. The fraction of sp³-hybridized carbons (Fsp3) is 0.321.